The molecule has 1 heterocycles. The molecule has 1 aliphatic rings. The topological polar surface area (TPSA) is 18.5 Å². The molecule has 1 aliphatic heterocycles. The third kappa shape index (κ3) is 3.08. The van der Waals surface area contributed by atoms with Crippen molar-refractivity contribution < 1.29 is 42.2 Å². The number of ether oxygens (including phenoxy) is 2. The number of rotatable bonds is 1. The van der Waals surface area contributed by atoms with Gasteiger partial charge in [-0.15, -0.1) is 6.42 Å². The molecule has 51 valence electrons. The van der Waals surface area contributed by atoms with E-state index >= 15 is 0 Å². The Morgan fingerprint density at radius 3 is 2.56 bits per heavy atom. The minimum Gasteiger partial charge on any atom is -0.353 e. The molecule has 2 nitrogen and oxygen atoms in total. The van der Waals surface area contributed by atoms with E-state index in [1.807, 2.05) is 6.92 Å². The minimum atomic E-state index is -0.0370. The van der Waals surface area contributed by atoms with Crippen molar-refractivity contribution in [2.24, 2.45) is 0 Å². The van der Waals surface area contributed by atoms with Gasteiger partial charge in [0.2, 0.25) is 0 Å². The Kier molecular flexibility index (Phi) is 5.32. The van der Waals surface area contributed by atoms with Gasteiger partial charge in [-0.3, -0.25) is 0 Å². The van der Waals surface area contributed by atoms with E-state index in [1.54, 1.807) is 0 Å². The fraction of sp³-hybridized carbons (Fsp3) is 0.833. The molecule has 1 fully saturated rings. The van der Waals surface area contributed by atoms with Crippen LogP contribution >= 0.6 is 0 Å². The summed E-state index contributed by atoms with van der Waals surface area (Å²) in [5, 5.41) is 0. The monoisotopic (exact) mass is 204 g/mol. The average molecular weight is 204 g/mol. The van der Waals surface area contributed by atoms with Crippen molar-refractivity contribution in [1.29, 1.82) is 0 Å². The van der Waals surface area contributed by atoms with E-state index in [0.29, 0.717) is 6.42 Å². The summed E-state index contributed by atoms with van der Waals surface area (Å²) in [6.07, 6.45) is 0.941. The summed E-state index contributed by atoms with van der Waals surface area (Å²) < 4.78 is 10.4. The van der Waals surface area contributed by atoms with E-state index in [-0.39, 0.29) is 45.1 Å². The zero-order chi connectivity index (χ0) is 5.98. The fourth-order valence-corrected chi connectivity index (χ4v) is 0.732. The van der Waals surface area contributed by atoms with E-state index < -0.39 is 0 Å². The minimum absolute atomic E-state index is 0. The number of hydrogen-bond acceptors (Lipinski definition) is 2. The van der Waals surface area contributed by atoms with Gasteiger partial charge in [-0.2, -0.15) is 0 Å². The zero-order valence-corrected chi connectivity index (χ0v) is 8.51. The van der Waals surface area contributed by atoms with Crippen LogP contribution in [0.4, 0.5) is 0 Å². The summed E-state index contributed by atoms with van der Waals surface area (Å²) in [7, 11) is 0. The molecule has 0 bridgehead atoms. The van der Waals surface area contributed by atoms with Gasteiger partial charge < -0.3 is 16.4 Å². The second kappa shape index (κ2) is 4.78. The van der Waals surface area contributed by atoms with Crippen molar-refractivity contribution >= 4 is 0 Å². The predicted molar refractivity (Wildman–Crippen MR) is 30.3 cm³/mol. The van der Waals surface area contributed by atoms with Gasteiger partial charge in [0.25, 0.3) is 0 Å². The SMILES string of the molecule is [CH2-]CC1OCC(C)O1.[Y]. The maximum Gasteiger partial charge on any atom is 0.131 e. The van der Waals surface area contributed by atoms with Crippen LogP contribution in [0, 0.1) is 6.92 Å². The first-order valence-electron chi connectivity index (χ1n) is 2.89. The molecule has 1 radical (unpaired) electrons. The van der Waals surface area contributed by atoms with Crippen LogP contribution in [0.2, 0.25) is 0 Å². The van der Waals surface area contributed by atoms with E-state index in [9.17, 15) is 0 Å². The fourth-order valence-electron chi connectivity index (χ4n) is 0.732. The second-order valence-electron chi connectivity index (χ2n) is 2.00. The van der Waals surface area contributed by atoms with Crippen LogP contribution in [0.5, 0.6) is 0 Å². The molecule has 0 saturated carbocycles. The quantitative estimate of drug-likeness (QED) is 0.592. The standard InChI is InChI=1S/C6H11O2.Y/c1-3-6-7-4-5(2)8-6;/h5-6H,1,3-4H2,2H3;/q-1;. The van der Waals surface area contributed by atoms with Crippen LogP contribution in [0.3, 0.4) is 0 Å². The average Bonchev–Trinajstić information content (AvgIpc) is 2.14. The van der Waals surface area contributed by atoms with Gasteiger partial charge in [0.05, 0.1) is 12.7 Å². The zero-order valence-electron chi connectivity index (χ0n) is 5.67. The first-order valence-corrected chi connectivity index (χ1v) is 2.89. The van der Waals surface area contributed by atoms with Crippen molar-refractivity contribution in [1.82, 2.24) is 0 Å². The van der Waals surface area contributed by atoms with Crippen LogP contribution in [0.1, 0.15) is 13.3 Å². The molecule has 0 aromatic carbocycles. The Bertz CT molecular complexity index is 77.5. The van der Waals surface area contributed by atoms with Crippen molar-refractivity contribution in [2.75, 3.05) is 6.61 Å². The molecule has 0 aromatic heterocycles. The largest absolute Gasteiger partial charge is 0.353 e. The van der Waals surface area contributed by atoms with Crippen LogP contribution in [-0.2, 0) is 42.2 Å². The Hall–Kier alpha value is 1.02. The molecule has 9 heavy (non-hydrogen) atoms. The second-order valence-corrected chi connectivity index (χ2v) is 2.00. The summed E-state index contributed by atoms with van der Waals surface area (Å²) in [5.74, 6) is 0. The summed E-state index contributed by atoms with van der Waals surface area (Å²) in [6.45, 7) is 6.37. The summed E-state index contributed by atoms with van der Waals surface area (Å²) >= 11 is 0. The summed E-state index contributed by atoms with van der Waals surface area (Å²) in [4.78, 5) is 0. The van der Waals surface area contributed by atoms with Crippen LogP contribution in [0.25, 0.3) is 0 Å². The molecule has 1 saturated heterocycles. The molecule has 0 spiro atoms. The predicted octanol–water partition coefficient (Wildman–Crippen LogP) is 0.969. The van der Waals surface area contributed by atoms with Crippen molar-refractivity contribution in [2.45, 2.75) is 25.7 Å². The van der Waals surface area contributed by atoms with Crippen LogP contribution in [0.15, 0.2) is 0 Å². The maximum absolute atomic E-state index is 5.23. The Balaban J connectivity index is 0.000000640. The first-order chi connectivity index (χ1) is 3.83. The third-order valence-corrected chi connectivity index (χ3v) is 1.14. The van der Waals surface area contributed by atoms with Gasteiger partial charge >= 0.3 is 0 Å². The normalized spacial score (nSPS) is 34.0. The molecule has 2 atom stereocenters. The molecule has 1 rings (SSSR count). The molecule has 2 unspecified atom stereocenters. The smallest absolute Gasteiger partial charge is 0.131 e. The van der Waals surface area contributed by atoms with Gasteiger partial charge in [-0.1, -0.05) is 0 Å². The molecule has 0 aliphatic carbocycles. The van der Waals surface area contributed by atoms with Gasteiger partial charge in [-0.25, -0.2) is 0 Å². The molecule has 0 aromatic rings. The Labute approximate surface area is 81.2 Å². The molecular weight excluding hydrogens is 193 g/mol. The van der Waals surface area contributed by atoms with E-state index in [0.717, 1.165) is 6.61 Å². The molecular formula is C6H11O2Y-. The summed E-state index contributed by atoms with van der Waals surface area (Å²) in [5.41, 5.74) is 0. The molecule has 0 amide bonds. The van der Waals surface area contributed by atoms with Gasteiger partial charge in [0.15, 0.2) is 0 Å². The van der Waals surface area contributed by atoms with E-state index in [2.05, 4.69) is 6.92 Å². The van der Waals surface area contributed by atoms with Crippen LogP contribution in [-0.4, -0.2) is 19.0 Å². The van der Waals surface area contributed by atoms with Crippen molar-refractivity contribution in [3.05, 3.63) is 6.92 Å². The van der Waals surface area contributed by atoms with Crippen molar-refractivity contribution in [3.8, 4) is 0 Å². The third-order valence-electron chi connectivity index (χ3n) is 1.14. The summed E-state index contributed by atoms with van der Waals surface area (Å²) in [6, 6.07) is 0. The number of hydrogen-bond donors (Lipinski definition) is 0. The molecule has 0 N–H and O–H groups in total. The van der Waals surface area contributed by atoms with E-state index in [1.165, 1.54) is 0 Å². The first kappa shape index (κ1) is 10.0. The van der Waals surface area contributed by atoms with E-state index in [4.69, 9.17) is 9.47 Å². The van der Waals surface area contributed by atoms with Gasteiger partial charge in [-0.05, 0) is 6.92 Å². The van der Waals surface area contributed by atoms with Crippen LogP contribution < -0.4 is 0 Å². The van der Waals surface area contributed by atoms with Gasteiger partial charge in [0.1, 0.15) is 6.29 Å². The Morgan fingerprint density at radius 1 is 1.67 bits per heavy atom. The van der Waals surface area contributed by atoms with Crippen molar-refractivity contribution in [3.63, 3.8) is 0 Å². The van der Waals surface area contributed by atoms with Gasteiger partial charge in [0, 0.05) is 32.7 Å². The Morgan fingerprint density at radius 2 is 2.33 bits per heavy atom. The maximum atomic E-state index is 5.23. The molecule has 3 heteroatoms.